The third kappa shape index (κ3) is 7.13. The highest BCUT2D eigenvalue weighted by molar-refractivity contribution is 9.10. The molecule has 10 heteroatoms. The molecule has 2 aromatic rings. The van der Waals surface area contributed by atoms with Crippen LogP contribution in [0.15, 0.2) is 39.9 Å². The minimum Gasteiger partial charge on any atom is -0.490 e. The van der Waals surface area contributed by atoms with Gasteiger partial charge in [0.05, 0.1) is 23.9 Å². The molecule has 194 valence electrons. The first-order chi connectivity index (χ1) is 17.3. The molecule has 1 aliphatic rings. The van der Waals surface area contributed by atoms with Gasteiger partial charge in [-0.3, -0.25) is 9.59 Å². The first-order valence-corrected chi connectivity index (χ1v) is 12.8. The molecule has 0 saturated carbocycles. The largest absolute Gasteiger partial charge is 0.490 e. The molecule has 0 radical (unpaired) electrons. The Morgan fingerprint density at radius 2 is 1.92 bits per heavy atom. The third-order valence-electron chi connectivity index (χ3n) is 5.33. The van der Waals surface area contributed by atoms with Gasteiger partial charge in [-0.25, -0.2) is 5.43 Å². The number of ether oxygens (including phenoxy) is 4. The van der Waals surface area contributed by atoms with E-state index in [1.807, 2.05) is 26.8 Å². The summed E-state index contributed by atoms with van der Waals surface area (Å²) in [5.41, 5.74) is 3.60. The topological polar surface area (TPSA) is 107 Å². The number of hydrazone groups is 1. The maximum atomic E-state index is 12.8. The quantitative estimate of drug-likeness (QED) is 0.222. The first kappa shape index (κ1) is 27.3. The number of carbonyl (C=O) groups excluding carboxylic acids is 2. The van der Waals surface area contributed by atoms with E-state index in [1.54, 1.807) is 24.3 Å². The SMILES string of the molecule is CCCCOc1c(Br)cc(/C=N/NC(=O)C(NC(=O)c2ccc3c(c2)OCO3)C(C)C)cc1OCC. The molecule has 0 aliphatic carbocycles. The van der Waals surface area contributed by atoms with E-state index in [0.29, 0.717) is 47.3 Å². The zero-order valence-corrected chi connectivity index (χ0v) is 22.5. The average Bonchev–Trinajstić information content (AvgIpc) is 3.32. The van der Waals surface area contributed by atoms with Crippen molar-refractivity contribution in [2.75, 3.05) is 20.0 Å². The lowest BCUT2D eigenvalue weighted by Crippen LogP contribution is -2.48. The summed E-state index contributed by atoms with van der Waals surface area (Å²) in [6.07, 6.45) is 3.48. The minimum atomic E-state index is -0.792. The van der Waals surface area contributed by atoms with Crippen LogP contribution >= 0.6 is 15.9 Å². The van der Waals surface area contributed by atoms with Gasteiger partial charge in [0.2, 0.25) is 6.79 Å². The van der Waals surface area contributed by atoms with Crippen LogP contribution in [0, 0.1) is 5.92 Å². The minimum absolute atomic E-state index is 0.118. The maximum absolute atomic E-state index is 12.8. The van der Waals surface area contributed by atoms with Crippen LogP contribution in [0.4, 0.5) is 0 Å². The summed E-state index contributed by atoms with van der Waals surface area (Å²) in [6, 6.07) is 7.72. The maximum Gasteiger partial charge on any atom is 0.262 e. The van der Waals surface area contributed by atoms with Crippen molar-refractivity contribution in [1.29, 1.82) is 0 Å². The Morgan fingerprint density at radius 1 is 1.14 bits per heavy atom. The number of nitrogens with one attached hydrogen (secondary N) is 2. The second-order valence-corrected chi connectivity index (χ2v) is 9.32. The molecule has 1 heterocycles. The van der Waals surface area contributed by atoms with Crippen LogP contribution in [0.25, 0.3) is 0 Å². The summed E-state index contributed by atoms with van der Waals surface area (Å²) in [5, 5.41) is 6.86. The summed E-state index contributed by atoms with van der Waals surface area (Å²) in [7, 11) is 0. The van der Waals surface area contributed by atoms with Crippen LogP contribution in [0.3, 0.4) is 0 Å². The van der Waals surface area contributed by atoms with Crippen molar-refractivity contribution < 1.29 is 28.5 Å². The zero-order chi connectivity index (χ0) is 26.1. The van der Waals surface area contributed by atoms with E-state index < -0.39 is 17.9 Å². The number of carbonyl (C=O) groups is 2. The van der Waals surface area contributed by atoms with Gasteiger partial charge in [-0.1, -0.05) is 27.2 Å². The number of hydrogen-bond acceptors (Lipinski definition) is 7. The van der Waals surface area contributed by atoms with E-state index >= 15 is 0 Å². The van der Waals surface area contributed by atoms with Gasteiger partial charge in [0.1, 0.15) is 6.04 Å². The van der Waals surface area contributed by atoms with Gasteiger partial charge in [-0.2, -0.15) is 5.10 Å². The van der Waals surface area contributed by atoms with Gasteiger partial charge in [0.15, 0.2) is 23.0 Å². The monoisotopic (exact) mass is 561 g/mol. The molecule has 2 amide bonds. The number of nitrogens with zero attached hydrogens (tertiary/aromatic N) is 1. The lowest BCUT2D eigenvalue weighted by molar-refractivity contribution is -0.123. The van der Waals surface area contributed by atoms with Crippen LogP contribution in [0.1, 0.15) is 56.5 Å². The van der Waals surface area contributed by atoms with E-state index in [0.717, 1.165) is 17.3 Å². The molecule has 0 fully saturated rings. The number of hydrogen-bond donors (Lipinski definition) is 2. The lowest BCUT2D eigenvalue weighted by atomic mass is 10.0. The Morgan fingerprint density at radius 3 is 2.64 bits per heavy atom. The van der Waals surface area contributed by atoms with Crippen molar-refractivity contribution >= 4 is 34.0 Å². The molecule has 2 N–H and O–H groups in total. The predicted octanol–water partition coefficient (Wildman–Crippen LogP) is 4.66. The zero-order valence-electron chi connectivity index (χ0n) is 20.9. The molecule has 36 heavy (non-hydrogen) atoms. The molecule has 0 saturated heterocycles. The van der Waals surface area contributed by atoms with Crippen LogP contribution in [-0.4, -0.2) is 44.1 Å². The second-order valence-electron chi connectivity index (χ2n) is 8.46. The highest BCUT2D eigenvalue weighted by atomic mass is 79.9. The van der Waals surface area contributed by atoms with Gasteiger partial charge in [0.25, 0.3) is 11.8 Å². The number of amides is 2. The first-order valence-electron chi connectivity index (χ1n) is 12.0. The molecular weight excluding hydrogens is 530 g/mol. The Bertz CT molecular complexity index is 1110. The van der Waals surface area contributed by atoms with Crippen molar-refractivity contribution in [2.45, 2.75) is 46.6 Å². The van der Waals surface area contributed by atoms with Gasteiger partial charge < -0.3 is 24.3 Å². The van der Waals surface area contributed by atoms with Gasteiger partial charge >= 0.3 is 0 Å². The highest BCUT2D eigenvalue weighted by Gasteiger charge is 2.25. The summed E-state index contributed by atoms with van der Waals surface area (Å²) >= 11 is 3.53. The third-order valence-corrected chi connectivity index (χ3v) is 5.92. The Hall–Kier alpha value is -3.27. The van der Waals surface area contributed by atoms with E-state index in [-0.39, 0.29) is 12.7 Å². The second kappa shape index (κ2) is 13.2. The molecule has 1 atom stereocenters. The normalized spacial score (nSPS) is 13.1. The molecular formula is C26H32BrN3O6. The van der Waals surface area contributed by atoms with Crippen molar-refractivity contribution in [1.82, 2.24) is 10.7 Å². The smallest absolute Gasteiger partial charge is 0.262 e. The Balaban J connectivity index is 1.66. The molecule has 1 unspecified atom stereocenters. The Labute approximate surface area is 219 Å². The lowest BCUT2D eigenvalue weighted by Gasteiger charge is -2.20. The average molecular weight is 562 g/mol. The summed E-state index contributed by atoms with van der Waals surface area (Å²) in [6.45, 7) is 8.87. The molecule has 3 rings (SSSR count). The molecule has 1 aliphatic heterocycles. The van der Waals surface area contributed by atoms with E-state index in [9.17, 15) is 9.59 Å². The fraction of sp³-hybridized carbons (Fsp3) is 0.423. The standard InChI is InChI=1S/C26H32BrN3O6/c1-5-7-10-34-24-19(27)11-17(12-22(24)33-6-2)14-28-30-26(32)23(16(3)4)29-25(31)18-8-9-20-21(13-18)36-15-35-20/h8-9,11-14,16,23H,5-7,10,15H2,1-4H3,(H,29,31)(H,30,32)/b28-14+. The summed E-state index contributed by atoms with van der Waals surface area (Å²) in [5.74, 6) is 1.31. The van der Waals surface area contributed by atoms with Crippen LogP contribution < -0.4 is 29.7 Å². The number of rotatable bonds is 12. The van der Waals surface area contributed by atoms with Crippen molar-refractivity contribution in [3.8, 4) is 23.0 Å². The predicted molar refractivity (Wildman–Crippen MR) is 140 cm³/mol. The van der Waals surface area contributed by atoms with Crippen LogP contribution in [0.5, 0.6) is 23.0 Å². The van der Waals surface area contributed by atoms with Gasteiger partial charge in [0, 0.05) is 5.56 Å². The molecule has 9 nitrogen and oxygen atoms in total. The number of halogens is 1. The van der Waals surface area contributed by atoms with E-state index in [2.05, 4.69) is 38.7 Å². The summed E-state index contributed by atoms with van der Waals surface area (Å²) < 4.78 is 22.9. The van der Waals surface area contributed by atoms with E-state index in [1.165, 1.54) is 6.21 Å². The van der Waals surface area contributed by atoms with Crippen molar-refractivity contribution in [2.24, 2.45) is 11.0 Å². The van der Waals surface area contributed by atoms with Crippen molar-refractivity contribution in [3.63, 3.8) is 0 Å². The van der Waals surface area contributed by atoms with Crippen LogP contribution in [0.2, 0.25) is 0 Å². The van der Waals surface area contributed by atoms with Gasteiger partial charge in [-0.05, 0) is 71.1 Å². The number of fused-ring (bicyclic) bond motifs is 1. The molecule has 0 spiro atoms. The number of unbranched alkanes of at least 4 members (excludes halogenated alkanes) is 1. The van der Waals surface area contributed by atoms with E-state index in [4.69, 9.17) is 18.9 Å². The summed E-state index contributed by atoms with van der Waals surface area (Å²) in [4.78, 5) is 25.6. The van der Waals surface area contributed by atoms with Crippen molar-refractivity contribution in [3.05, 3.63) is 45.9 Å². The molecule has 0 bridgehead atoms. The molecule has 2 aromatic carbocycles. The highest BCUT2D eigenvalue weighted by Crippen LogP contribution is 2.37. The van der Waals surface area contributed by atoms with Crippen LogP contribution in [-0.2, 0) is 4.79 Å². The fourth-order valence-electron chi connectivity index (χ4n) is 3.42. The number of benzene rings is 2. The molecule has 0 aromatic heterocycles. The fourth-order valence-corrected chi connectivity index (χ4v) is 4.00. The Kier molecular flexibility index (Phi) is 9.98. The van der Waals surface area contributed by atoms with Gasteiger partial charge in [-0.15, -0.1) is 0 Å².